The highest BCUT2D eigenvalue weighted by Crippen LogP contribution is 2.21. The molecular weight excluding hydrogens is 302 g/mol. The first-order chi connectivity index (χ1) is 10.6. The molecule has 1 heterocycles. The van der Waals surface area contributed by atoms with E-state index in [0.29, 0.717) is 22.3 Å². The normalized spacial score (nSPS) is 10.5. The zero-order chi connectivity index (χ0) is 15.5. The van der Waals surface area contributed by atoms with Crippen molar-refractivity contribution in [1.29, 1.82) is 0 Å². The van der Waals surface area contributed by atoms with E-state index in [0.717, 1.165) is 11.7 Å². The number of amides is 1. The molecule has 0 radical (unpaired) electrons. The molecule has 0 aliphatic rings. The number of carboxylic acid groups (broad SMARTS) is 1. The number of hydrogen-bond acceptors (Lipinski definition) is 5. The Morgan fingerprint density at radius 2 is 1.91 bits per heavy atom. The van der Waals surface area contributed by atoms with Gasteiger partial charge in [-0.1, -0.05) is 24.3 Å². The lowest BCUT2D eigenvalue weighted by Crippen LogP contribution is -2.16. The van der Waals surface area contributed by atoms with Crippen molar-refractivity contribution in [1.82, 2.24) is 8.75 Å². The molecule has 0 saturated heterocycles. The first-order valence-electron chi connectivity index (χ1n) is 6.47. The van der Waals surface area contributed by atoms with Crippen LogP contribution in [0.3, 0.4) is 0 Å². The first-order valence-corrected chi connectivity index (χ1v) is 7.20. The van der Waals surface area contributed by atoms with Crippen molar-refractivity contribution >= 4 is 40.3 Å². The summed E-state index contributed by atoms with van der Waals surface area (Å²) in [6.45, 7) is 0. The van der Waals surface area contributed by atoms with E-state index in [1.165, 1.54) is 6.07 Å². The number of carbonyl (C=O) groups is 2. The Labute approximate surface area is 129 Å². The topological polar surface area (TPSA) is 92.2 Å². The van der Waals surface area contributed by atoms with Gasteiger partial charge in [-0.15, -0.1) is 0 Å². The molecule has 1 amide bonds. The van der Waals surface area contributed by atoms with Crippen molar-refractivity contribution in [3.63, 3.8) is 0 Å². The molecule has 7 heteroatoms. The van der Waals surface area contributed by atoms with E-state index >= 15 is 0 Å². The first kappa shape index (κ1) is 14.2. The molecule has 0 spiro atoms. The number of nitrogens with zero attached hydrogens (tertiary/aromatic N) is 2. The highest BCUT2D eigenvalue weighted by atomic mass is 32.1. The summed E-state index contributed by atoms with van der Waals surface area (Å²) in [5, 5.41) is 11.9. The fourth-order valence-corrected chi connectivity index (χ4v) is 2.71. The number of rotatable bonds is 4. The third kappa shape index (κ3) is 2.79. The van der Waals surface area contributed by atoms with Crippen LogP contribution >= 0.6 is 11.7 Å². The SMILES string of the molecule is O=C(Cc1ccccc1C(=O)O)Nc1cccc2nsnc12. The van der Waals surface area contributed by atoms with Crippen LogP contribution in [-0.4, -0.2) is 25.7 Å². The van der Waals surface area contributed by atoms with E-state index < -0.39 is 5.97 Å². The molecule has 3 aromatic rings. The number of nitrogens with one attached hydrogen (secondary N) is 1. The summed E-state index contributed by atoms with van der Waals surface area (Å²) in [4.78, 5) is 23.3. The van der Waals surface area contributed by atoms with E-state index in [1.807, 2.05) is 6.07 Å². The van der Waals surface area contributed by atoms with Gasteiger partial charge in [0, 0.05) is 0 Å². The monoisotopic (exact) mass is 313 g/mol. The number of hydrogen-bond donors (Lipinski definition) is 2. The number of carboxylic acids is 1. The maximum Gasteiger partial charge on any atom is 0.335 e. The Bertz CT molecular complexity index is 860. The quantitative estimate of drug-likeness (QED) is 0.772. The molecule has 2 N–H and O–H groups in total. The predicted molar refractivity (Wildman–Crippen MR) is 83.2 cm³/mol. The Hall–Kier alpha value is -2.80. The second-order valence-electron chi connectivity index (χ2n) is 4.62. The number of carbonyl (C=O) groups excluding carboxylic acids is 1. The van der Waals surface area contributed by atoms with E-state index in [9.17, 15) is 9.59 Å². The zero-order valence-electron chi connectivity index (χ0n) is 11.3. The van der Waals surface area contributed by atoms with Gasteiger partial charge in [0.2, 0.25) is 5.91 Å². The van der Waals surface area contributed by atoms with Gasteiger partial charge >= 0.3 is 5.97 Å². The average Bonchev–Trinajstić information content (AvgIpc) is 2.97. The van der Waals surface area contributed by atoms with Crippen LogP contribution in [-0.2, 0) is 11.2 Å². The number of fused-ring (bicyclic) bond motifs is 1. The van der Waals surface area contributed by atoms with Gasteiger partial charge in [-0.25, -0.2) is 4.79 Å². The zero-order valence-corrected chi connectivity index (χ0v) is 12.1. The van der Waals surface area contributed by atoms with E-state index in [1.54, 1.807) is 30.3 Å². The minimum Gasteiger partial charge on any atom is -0.478 e. The van der Waals surface area contributed by atoms with E-state index in [4.69, 9.17) is 5.11 Å². The summed E-state index contributed by atoms with van der Waals surface area (Å²) in [5.74, 6) is -1.34. The molecule has 0 aliphatic carbocycles. The van der Waals surface area contributed by atoms with Crippen LogP contribution in [0.4, 0.5) is 5.69 Å². The molecule has 0 saturated carbocycles. The van der Waals surface area contributed by atoms with Gasteiger partial charge in [0.1, 0.15) is 11.0 Å². The van der Waals surface area contributed by atoms with Gasteiger partial charge in [-0.05, 0) is 23.8 Å². The van der Waals surface area contributed by atoms with Gasteiger partial charge in [0.15, 0.2) is 0 Å². The number of aromatic carboxylic acids is 1. The molecule has 2 aromatic carbocycles. The molecule has 0 unspecified atom stereocenters. The lowest BCUT2D eigenvalue weighted by Gasteiger charge is -2.07. The molecule has 22 heavy (non-hydrogen) atoms. The molecule has 1 aromatic heterocycles. The fraction of sp³-hybridized carbons (Fsp3) is 0.0667. The summed E-state index contributed by atoms with van der Waals surface area (Å²) in [6.07, 6.45) is -0.0174. The third-order valence-corrected chi connectivity index (χ3v) is 3.70. The van der Waals surface area contributed by atoms with Gasteiger partial charge in [-0.3, -0.25) is 4.79 Å². The summed E-state index contributed by atoms with van der Waals surface area (Å²) < 4.78 is 8.26. The van der Waals surface area contributed by atoms with Crippen LogP contribution in [0.1, 0.15) is 15.9 Å². The molecule has 0 fully saturated rings. The summed E-state index contributed by atoms with van der Waals surface area (Å²) in [6, 6.07) is 11.8. The fourth-order valence-electron chi connectivity index (χ4n) is 2.16. The molecular formula is C15H11N3O3S. The second kappa shape index (κ2) is 5.90. The Balaban J connectivity index is 1.81. The molecule has 0 bridgehead atoms. The second-order valence-corrected chi connectivity index (χ2v) is 5.15. The summed E-state index contributed by atoms with van der Waals surface area (Å²) in [7, 11) is 0. The lowest BCUT2D eigenvalue weighted by atomic mass is 10.0. The standard InChI is InChI=1S/C15H11N3O3S/c19-13(8-9-4-1-2-5-10(9)15(20)21)16-11-6-3-7-12-14(11)18-22-17-12/h1-7H,8H2,(H,16,19)(H,20,21). The van der Waals surface area contributed by atoms with Crippen molar-refractivity contribution in [2.45, 2.75) is 6.42 Å². The van der Waals surface area contributed by atoms with Crippen LogP contribution in [0.15, 0.2) is 42.5 Å². The molecule has 0 atom stereocenters. The van der Waals surface area contributed by atoms with Crippen LogP contribution in [0, 0.1) is 0 Å². The minimum absolute atomic E-state index is 0.0174. The largest absolute Gasteiger partial charge is 0.478 e. The van der Waals surface area contributed by atoms with Crippen LogP contribution in [0.2, 0.25) is 0 Å². The molecule has 0 aliphatic heterocycles. The van der Waals surface area contributed by atoms with Crippen molar-refractivity contribution in [3.8, 4) is 0 Å². The number of anilines is 1. The van der Waals surface area contributed by atoms with Gasteiger partial charge in [0.25, 0.3) is 0 Å². The van der Waals surface area contributed by atoms with Crippen molar-refractivity contribution in [3.05, 3.63) is 53.6 Å². The maximum absolute atomic E-state index is 12.2. The van der Waals surface area contributed by atoms with Gasteiger partial charge < -0.3 is 10.4 Å². The van der Waals surface area contributed by atoms with E-state index in [2.05, 4.69) is 14.1 Å². The van der Waals surface area contributed by atoms with E-state index in [-0.39, 0.29) is 17.9 Å². The number of benzene rings is 2. The Kier molecular flexibility index (Phi) is 3.80. The molecule has 6 nitrogen and oxygen atoms in total. The summed E-state index contributed by atoms with van der Waals surface area (Å²) >= 11 is 1.08. The molecule has 3 rings (SSSR count). The minimum atomic E-state index is -1.05. The molecule has 110 valence electrons. The van der Waals surface area contributed by atoms with Crippen LogP contribution in [0.5, 0.6) is 0 Å². The summed E-state index contributed by atoms with van der Waals surface area (Å²) in [5.41, 5.74) is 2.52. The van der Waals surface area contributed by atoms with Gasteiger partial charge in [0.05, 0.1) is 29.4 Å². The smallest absolute Gasteiger partial charge is 0.335 e. The van der Waals surface area contributed by atoms with Crippen molar-refractivity contribution in [2.24, 2.45) is 0 Å². The van der Waals surface area contributed by atoms with Crippen LogP contribution < -0.4 is 5.32 Å². The highest BCUT2D eigenvalue weighted by molar-refractivity contribution is 7.00. The van der Waals surface area contributed by atoms with Crippen molar-refractivity contribution in [2.75, 3.05) is 5.32 Å². The van der Waals surface area contributed by atoms with Crippen LogP contribution in [0.25, 0.3) is 11.0 Å². The predicted octanol–water partition coefficient (Wildman–Crippen LogP) is 2.57. The third-order valence-electron chi connectivity index (χ3n) is 3.16. The Morgan fingerprint density at radius 3 is 2.73 bits per heavy atom. The maximum atomic E-state index is 12.2. The lowest BCUT2D eigenvalue weighted by molar-refractivity contribution is -0.115. The number of aromatic nitrogens is 2. The highest BCUT2D eigenvalue weighted by Gasteiger charge is 2.14. The van der Waals surface area contributed by atoms with Crippen molar-refractivity contribution < 1.29 is 14.7 Å². The van der Waals surface area contributed by atoms with Gasteiger partial charge in [-0.2, -0.15) is 8.75 Å². The average molecular weight is 313 g/mol. The Morgan fingerprint density at radius 1 is 1.09 bits per heavy atom.